The average Bonchev–Trinajstić information content (AvgIpc) is 3.18. The van der Waals surface area contributed by atoms with E-state index in [-0.39, 0.29) is 11.4 Å². The average molecular weight is 513 g/mol. The molecule has 0 saturated carbocycles. The zero-order valence-corrected chi connectivity index (χ0v) is 22.0. The summed E-state index contributed by atoms with van der Waals surface area (Å²) in [5, 5.41) is 17.3. The molecule has 8 nitrogen and oxygen atoms in total. The molecule has 1 aliphatic heterocycles. The van der Waals surface area contributed by atoms with Gasteiger partial charge in [0, 0.05) is 5.56 Å². The number of pyridine rings is 1. The van der Waals surface area contributed by atoms with Gasteiger partial charge in [0.1, 0.15) is 17.9 Å². The summed E-state index contributed by atoms with van der Waals surface area (Å²) in [5.74, 6) is 0.278. The summed E-state index contributed by atoms with van der Waals surface area (Å²) < 4.78 is 13.5. The molecule has 0 spiro atoms. The van der Waals surface area contributed by atoms with Gasteiger partial charge in [-0.25, -0.2) is 9.78 Å². The number of rotatable bonds is 8. The Morgan fingerprint density at radius 2 is 1.87 bits per heavy atom. The first-order valence-corrected chi connectivity index (χ1v) is 12.9. The van der Waals surface area contributed by atoms with Crippen molar-refractivity contribution < 1.29 is 19.4 Å². The number of fused-ring (bicyclic) bond motifs is 1. The second-order valence-corrected chi connectivity index (χ2v) is 9.37. The number of hydrogen-bond donors (Lipinski definition) is 2. The Morgan fingerprint density at radius 1 is 1.05 bits per heavy atom. The number of ether oxygens (including phenoxy) is 2. The lowest BCUT2D eigenvalue weighted by Gasteiger charge is -2.18. The minimum absolute atomic E-state index is 0.00876. The van der Waals surface area contributed by atoms with Crippen molar-refractivity contribution >= 4 is 5.97 Å². The molecule has 5 rings (SSSR count). The summed E-state index contributed by atoms with van der Waals surface area (Å²) >= 11 is 0. The number of carbonyl (C=O) groups is 1. The number of benzene rings is 2. The fourth-order valence-corrected chi connectivity index (χ4v) is 4.97. The van der Waals surface area contributed by atoms with E-state index >= 15 is 0 Å². The standard InChI is InChI=1S/C30H32N4O4/c1-4-37-29-25(30(35)36)17-32-34(29)27-10-6-9-26(33-27)24-8-5-7-19(2)28(24)38-18-22-12-11-21-13-15-31-16-14-23(21)20(22)3/h5-12,17,31H,4,13-16,18H2,1-3H3,(H,35,36). The Labute approximate surface area is 222 Å². The highest BCUT2D eigenvalue weighted by Crippen LogP contribution is 2.34. The van der Waals surface area contributed by atoms with E-state index in [1.54, 1.807) is 13.0 Å². The van der Waals surface area contributed by atoms with Gasteiger partial charge in [0.05, 0.1) is 18.5 Å². The molecule has 2 aromatic heterocycles. The van der Waals surface area contributed by atoms with Gasteiger partial charge in [0.25, 0.3) is 0 Å². The predicted octanol–water partition coefficient (Wildman–Crippen LogP) is 4.92. The highest BCUT2D eigenvalue weighted by molar-refractivity contribution is 5.90. The van der Waals surface area contributed by atoms with E-state index in [1.165, 1.54) is 33.1 Å². The maximum atomic E-state index is 11.6. The van der Waals surface area contributed by atoms with E-state index in [4.69, 9.17) is 14.5 Å². The lowest BCUT2D eigenvalue weighted by molar-refractivity contribution is 0.0692. The van der Waals surface area contributed by atoms with E-state index in [2.05, 4.69) is 29.5 Å². The number of hydrogen-bond acceptors (Lipinski definition) is 6. The van der Waals surface area contributed by atoms with Crippen LogP contribution < -0.4 is 14.8 Å². The molecule has 0 amide bonds. The van der Waals surface area contributed by atoms with Crippen LogP contribution >= 0.6 is 0 Å². The Hall–Kier alpha value is -4.17. The predicted molar refractivity (Wildman–Crippen MR) is 145 cm³/mol. The molecule has 0 saturated heterocycles. The molecule has 0 unspecified atom stereocenters. The summed E-state index contributed by atoms with van der Waals surface area (Å²) in [7, 11) is 0. The number of para-hydroxylation sites is 1. The van der Waals surface area contributed by atoms with Crippen LogP contribution in [0.5, 0.6) is 11.6 Å². The summed E-state index contributed by atoms with van der Waals surface area (Å²) in [4.78, 5) is 16.5. The minimum Gasteiger partial charge on any atom is -0.488 e. The Kier molecular flexibility index (Phi) is 7.42. The molecule has 0 radical (unpaired) electrons. The molecule has 0 bridgehead atoms. The number of nitrogens with zero attached hydrogens (tertiary/aromatic N) is 3. The molecule has 2 N–H and O–H groups in total. The summed E-state index contributed by atoms with van der Waals surface area (Å²) in [6, 6.07) is 16.0. The van der Waals surface area contributed by atoms with E-state index < -0.39 is 5.97 Å². The van der Waals surface area contributed by atoms with E-state index in [1.807, 2.05) is 37.3 Å². The Bertz CT molecular complexity index is 1480. The van der Waals surface area contributed by atoms with Crippen molar-refractivity contribution in [3.05, 3.63) is 88.1 Å². The van der Waals surface area contributed by atoms with E-state index in [9.17, 15) is 9.90 Å². The van der Waals surface area contributed by atoms with Gasteiger partial charge in [0.15, 0.2) is 5.82 Å². The van der Waals surface area contributed by atoms with Crippen molar-refractivity contribution in [1.29, 1.82) is 0 Å². The molecule has 4 aromatic rings. The van der Waals surface area contributed by atoms with Crippen molar-refractivity contribution in [3.8, 4) is 28.7 Å². The summed E-state index contributed by atoms with van der Waals surface area (Å²) in [5.41, 5.74) is 7.89. The van der Waals surface area contributed by atoms with Gasteiger partial charge in [-0.1, -0.05) is 30.3 Å². The van der Waals surface area contributed by atoms with Crippen LogP contribution in [-0.2, 0) is 19.4 Å². The molecule has 0 aliphatic carbocycles. The first-order valence-electron chi connectivity index (χ1n) is 12.9. The van der Waals surface area contributed by atoms with Crippen LogP contribution in [0.4, 0.5) is 0 Å². The fraction of sp³-hybridized carbons (Fsp3) is 0.300. The molecular formula is C30H32N4O4. The molecule has 2 aromatic carbocycles. The summed E-state index contributed by atoms with van der Waals surface area (Å²) in [6.07, 6.45) is 3.36. The van der Waals surface area contributed by atoms with Gasteiger partial charge in [-0.3, -0.25) is 0 Å². The third-order valence-corrected chi connectivity index (χ3v) is 6.98. The zero-order chi connectivity index (χ0) is 26.6. The van der Waals surface area contributed by atoms with Gasteiger partial charge >= 0.3 is 5.97 Å². The van der Waals surface area contributed by atoms with Gasteiger partial charge < -0.3 is 19.9 Å². The molecule has 3 heterocycles. The topological polar surface area (TPSA) is 98.5 Å². The molecule has 0 atom stereocenters. The van der Waals surface area contributed by atoms with Crippen molar-refractivity contribution in [3.63, 3.8) is 0 Å². The normalized spacial score (nSPS) is 13.0. The quantitative estimate of drug-likeness (QED) is 0.346. The van der Waals surface area contributed by atoms with Gasteiger partial charge in [-0.15, -0.1) is 0 Å². The second kappa shape index (κ2) is 11.1. The van der Waals surface area contributed by atoms with E-state index in [0.717, 1.165) is 42.8 Å². The zero-order valence-electron chi connectivity index (χ0n) is 22.0. The van der Waals surface area contributed by atoms with Crippen LogP contribution in [0.1, 0.15) is 45.1 Å². The summed E-state index contributed by atoms with van der Waals surface area (Å²) in [6.45, 7) is 8.79. The second-order valence-electron chi connectivity index (χ2n) is 9.37. The number of nitrogens with one attached hydrogen (secondary N) is 1. The number of carboxylic acid groups (broad SMARTS) is 1. The van der Waals surface area contributed by atoms with Crippen LogP contribution in [0.3, 0.4) is 0 Å². The van der Waals surface area contributed by atoms with Gasteiger partial charge in [0.2, 0.25) is 5.88 Å². The van der Waals surface area contributed by atoms with Gasteiger partial charge in [-0.05, 0) is 92.7 Å². The third-order valence-electron chi connectivity index (χ3n) is 6.98. The highest BCUT2D eigenvalue weighted by atomic mass is 16.5. The van der Waals surface area contributed by atoms with Crippen molar-refractivity contribution in [1.82, 2.24) is 20.1 Å². The first kappa shape index (κ1) is 25.5. The lowest BCUT2D eigenvalue weighted by atomic mass is 9.94. The fourth-order valence-electron chi connectivity index (χ4n) is 4.97. The van der Waals surface area contributed by atoms with Crippen molar-refractivity contribution in [2.45, 2.75) is 40.2 Å². The maximum Gasteiger partial charge on any atom is 0.342 e. The third kappa shape index (κ3) is 4.99. The van der Waals surface area contributed by atoms with Crippen LogP contribution in [0.15, 0.2) is 54.7 Å². The van der Waals surface area contributed by atoms with E-state index in [0.29, 0.717) is 24.7 Å². The molecule has 38 heavy (non-hydrogen) atoms. The Morgan fingerprint density at radius 3 is 2.68 bits per heavy atom. The number of aromatic carboxylic acids is 1. The van der Waals surface area contributed by atoms with Crippen LogP contribution in [0.2, 0.25) is 0 Å². The molecule has 1 aliphatic rings. The molecule has 8 heteroatoms. The molecular weight excluding hydrogens is 480 g/mol. The Balaban J connectivity index is 1.47. The van der Waals surface area contributed by atoms with Crippen LogP contribution in [-0.4, -0.2) is 45.5 Å². The highest BCUT2D eigenvalue weighted by Gasteiger charge is 2.21. The minimum atomic E-state index is -1.10. The maximum absolute atomic E-state index is 11.6. The number of aromatic nitrogens is 3. The van der Waals surface area contributed by atoms with Crippen LogP contribution in [0.25, 0.3) is 17.1 Å². The molecule has 196 valence electrons. The number of carboxylic acids is 1. The van der Waals surface area contributed by atoms with Gasteiger partial charge in [-0.2, -0.15) is 9.78 Å². The SMILES string of the molecule is CCOc1c(C(=O)O)cnn1-c1cccc(-c2cccc(C)c2OCc2ccc3c(c2C)CCNCC3)n1. The largest absolute Gasteiger partial charge is 0.488 e. The molecule has 0 fully saturated rings. The first-order chi connectivity index (χ1) is 18.5. The lowest BCUT2D eigenvalue weighted by Crippen LogP contribution is -2.16. The van der Waals surface area contributed by atoms with Crippen LogP contribution in [0, 0.1) is 13.8 Å². The van der Waals surface area contributed by atoms with Crippen molar-refractivity contribution in [2.24, 2.45) is 0 Å². The smallest absolute Gasteiger partial charge is 0.342 e. The van der Waals surface area contributed by atoms with Crippen molar-refractivity contribution in [2.75, 3.05) is 19.7 Å². The number of aryl methyl sites for hydroxylation is 1. The monoisotopic (exact) mass is 512 g/mol.